The van der Waals surface area contributed by atoms with E-state index in [1.807, 2.05) is 12.4 Å². The van der Waals surface area contributed by atoms with Gasteiger partial charge >= 0.3 is 6.03 Å². The van der Waals surface area contributed by atoms with Crippen molar-refractivity contribution in [2.45, 2.75) is 38.3 Å². The normalized spacial score (nSPS) is 22.4. The van der Waals surface area contributed by atoms with E-state index in [-0.39, 0.29) is 12.1 Å². The molecule has 3 rings (SSSR count). The van der Waals surface area contributed by atoms with Crippen LogP contribution in [-0.2, 0) is 17.7 Å². The molecule has 2 heterocycles. The summed E-state index contributed by atoms with van der Waals surface area (Å²) in [5, 5.41) is 6.04. The molecule has 2 aliphatic rings. The Morgan fingerprint density at radius 3 is 3.14 bits per heavy atom. The fraction of sp³-hybridized carbons (Fsp3) is 0.733. The van der Waals surface area contributed by atoms with Gasteiger partial charge < -0.3 is 19.9 Å². The van der Waals surface area contributed by atoms with Gasteiger partial charge in [0.2, 0.25) is 0 Å². The lowest BCUT2D eigenvalue weighted by molar-refractivity contribution is 0.157. The number of rotatable bonds is 6. The van der Waals surface area contributed by atoms with E-state index in [1.54, 1.807) is 7.11 Å². The van der Waals surface area contributed by atoms with E-state index in [0.717, 1.165) is 25.2 Å². The number of ether oxygens (including phenoxy) is 1. The molecule has 0 bridgehead atoms. The first-order chi connectivity index (χ1) is 10.3. The molecule has 116 valence electrons. The van der Waals surface area contributed by atoms with E-state index >= 15 is 0 Å². The summed E-state index contributed by atoms with van der Waals surface area (Å²) in [6.07, 6.45) is 8.30. The Morgan fingerprint density at radius 1 is 1.52 bits per heavy atom. The summed E-state index contributed by atoms with van der Waals surface area (Å²) >= 11 is 0. The lowest BCUT2D eigenvalue weighted by atomic mass is 9.98. The molecule has 1 aliphatic carbocycles. The second-order valence-corrected chi connectivity index (χ2v) is 6.15. The highest BCUT2D eigenvalue weighted by Gasteiger charge is 2.32. The van der Waals surface area contributed by atoms with E-state index in [2.05, 4.69) is 20.2 Å². The summed E-state index contributed by atoms with van der Waals surface area (Å²) in [4.78, 5) is 16.4. The largest absolute Gasteiger partial charge is 0.383 e. The number of nitrogens with one attached hydrogen (secondary N) is 2. The molecule has 1 saturated carbocycles. The number of aryl methyl sites for hydroxylation is 1. The van der Waals surface area contributed by atoms with Crippen LogP contribution in [0.25, 0.3) is 0 Å². The first-order valence-corrected chi connectivity index (χ1v) is 7.79. The smallest absolute Gasteiger partial charge is 0.315 e. The zero-order valence-electron chi connectivity index (χ0n) is 12.5. The van der Waals surface area contributed by atoms with Crippen LogP contribution >= 0.6 is 0 Å². The van der Waals surface area contributed by atoms with Gasteiger partial charge in [-0.1, -0.05) is 0 Å². The molecule has 1 aromatic rings. The van der Waals surface area contributed by atoms with Gasteiger partial charge in [0.15, 0.2) is 0 Å². The van der Waals surface area contributed by atoms with Gasteiger partial charge in [-0.05, 0) is 31.1 Å². The summed E-state index contributed by atoms with van der Waals surface area (Å²) in [7, 11) is 1.68. The maximum absolute atomic E-state index is 12.0. The molecule has 0 saturated heterocycles. The minimum atomic E-state index is -0.0714. The van der Waals surface area contributed by atoms with E-state index in [9.17, 15) is 4.79 Å². The van der Waals surface area contributed by atoms with Crippen LogP contribution in [0.1, 0.15) is 25.1 Å². The number of methoxy groups -OCH3 is 1. The minimum absolute atomic E-state index is 0.0714. The van der Waals surface area contributed by atoms with Gasteiger partial charge in [-0.25, -0.2) is 9.78 Å². The van der Waals surface area contributed by atoms with Crippen LogP contribution in [0.15, 0.2) is 12.4 Å². The SMILES string of the molecule is COC[C@@H](NC(=O)NC[C@H]1CCn2ccnc2C1)C1CC1. The Kier molecular flexibility index (Phi) is 4.43. The van der Waals surface area contributed by atoms with Gasteiger partial charge in [0, 0.05) is 39.0 Å². The average Bonchev–Trinajstić information content (AvgIpc) is 3.22. The molecular formula is C15H24N4O2. The summed E-state index contributed by atoms with van der Waals surface area (Å²) in [6.45, 7) is 2.31. The predicted molar refractivity (Wildman–Crippen MR) is 79.0 cm³/mol. The number of amides is 2. The van der Waals surface area contributed by atoms with Gasteiger partial charge in [-0.2, -0.15) is 0 Å². The number of imidazole rings is 1. The number of aromatic nitrogens is 2. The molecule has 1 aromatic heterocycles. The third-order valence-electron chi connectivity index (χ3n) is 4.46. The van der Waals surface area contributed by atoms with Crippen LogP contribution in [0.3, 0.4) is 0 Å². The molecule has 2 N–H and O–H groups in total. The Labute approximate surface area is 125 Å². The Bertz CT molecular complexity index is 484. The Morgan fingerprint density at radius 2 is 2.38 bits per heavy atom. The lowest BCUT2D eigenvalue weighted by Crippen LogP contribution is -2.46. The monoisotopic (exact) mass is 292 g/mol. The molecule has 0 unspecified atom stereocenters. The Hall–Kier alpha value is -1.56. The number of hydrogen-bond donors (Lipinski definition) is 2. The molecule has 0 radical (unpaired) electrons. The number of nitrogens with zero attached hydrogens (tertiary/aromatic N) is 2. The number of urea groups is 1. The van der Waals surface area contributed by atoms with Crippen molar-refractivity contribution >= 4 is 6.03 Å². The van der Waals surface area contributed by atoms with Crippen LogP contribution in [0.2, 0.25) is 0 Å². The van der Waals surface area contributed by atoms with Crippen LogP contribution in [-0.4, -0.2) is 41.9 Å². The van der Waals surface area contributed by atoms with Crippen molar-refractivity contribution in [1.29, 1.82) is 0 Å². The van der Waals surface area contributed by atoms with Crippen molar-refractivity contribution in [3.05, 3.63) is 18.2 Å². The highest BCUT2D eigenvalue weighted by molar-refractivity contribution is 5.74. The number of carbonyl (C=O) groups excluding carboxylic acids is 1. The molecule has 0 aromatic carbocycles. The molecule has 1 aliphatic heterocycles. The molecular weight excluding hydrogens is 268 g/mol. The predicted octanol–water partition coefficient (Wildman–Crippen LogP) is 1.17. The van der Waals surface area contributed by atoms with Crippen LogP contribution in [0.5, 0.6) is 0 Å². The van der Waals surface area contributed by atoms with E-state index < -0.39 is 0 Å². The lowest BCUT2D eigenvalue weighted by Gasteiger charge is -2.24. The zero-order valence-corrected chi connectivity index (χ0v) is 12.5. The van der Waals surface area contributed by atoms with E-state index in [1.165, 1.54) is 12.8 Å². The van der Waals surface area contributed by atoms with Gasteiger partial charge in [-0.15, -0.1) is 0 Å². The van der Waals surface area contributed by atoms with E-state index in [0.29, 0.717) is 25.0 Å². The van der Waals surface area contributed by atoms with Crippen LogP contribution in [0.4, 0.5) is 4.79 Å². The van der Waals surface area contributed by atoms with Crippen LogP contribution in [0, 0.1) is 11.8 Å². The third-order valence-corrected chi connectivity index (χ3v) is 4.46. The van der Waals surface area contributed by atoms with Gasteiger partial charge in [0.25, 0.3) is 0 Å². The average molecular weight is 292 g/mol. The highest BCUT2D eigenvalue weighted by atomic mass is 16.5. The van der Waals surface area contributed by atoms with Gasteiger partial charge in [-0.3, -0.25) is 0 Å². The standard InChI is InChI=1S/C15H24N4O2/c1-21-10-13(12-2-3-12)18-15(20)17-9-11-4-6-19-7-5-16-14(19)8-11/h5,7,11-13H,2-4,6,8-10H2,1H3,(H2,17,18,20)/t11-,13+/m0/s1. The van der Waals surface area contributed by atoms with Gasteiger partial charge in [0.1, 0.15) is 5.82 Å². The quantitative estimate of drug-likeness (QED) is 0.827. The second kappa shape index (κ2) is 6.47. The fourth-order valence-electron chi connectivity index (χ4n) is 3.02. The maximum Gasteiger partial charge on any atom is 0.315 e. The first-order valence-electron chi connectivity index (χ1n) is 7.79. The third kappa shape index (κ3) is 3.75. The summed E-state index contributed by atoms with van der Waals surface area (Å²) in [6, 6.07) is 0.0816. The van der Waals surface area contributed by atoms with Crippen molar-refractivity contribution in [2.24, 2.45) is 11.8 Å². The summed E-state index contributed by atoms with van der Waals surface area (Å²) < 4.78 is 7.37. The van der Waals surface area contributed by atoms with Gasteiger partial charge in [0.05, 0.1) is 12.6 Å². The summed E-state index contributed by atoms with van der Waals surface area (Å²) in [5.41, 5.74) is 0. The fourth-order valence-corrected chi connectivity index (χ4v) is 3.02. The van der Waals surface area contributed by atoms with Crippen molar-refractivity contribution < 1.29 is 9.53 Å². The van der Waals surface area contributed by atoms with Crippen molar-refractivity contribution in [3.8, 4) is 0 Å². The van der Waals surface area contributed by atoms with E-state index in [4.69, 9.17) is 4.74 Å². The highest BCUT2D eigenvalue weighted by Crippen LogP contribution is 2.32. The molecule has 21 heavy (non-hydrogen) atoms. The Balaban J connectivity index is 1.41. The molecule has 2 atom stereocenters. The topological polar surface area (TPSA) is 68.2 Å². The maximum atomic E-state index is 12.0. The second-order valence-electron chi connectivity index (χ2n) is 6.15. The first kappa shape index (κ1) is 14.4. The summed E-state index contributed by atoms with van der Waals surface area (Å²) in [5.74, 6) is 2.20. The van der Waals surface area contributed by atoms with Crippen molar-refractivity contribution in [2.75, 3.05) is 20.3 Å². The molecule has 0 spiro atoms. The molecule has 6 heteroatoms. The molecule has 6 nitrogen and oxygen atoms in total. The van der Waals surface area contributed by atoms with Crippen LogP contribution < -0.4 is 10.6 Å². The molecule has 2 amide bonds. The number of fused-ring (bicyclic) bond motifs is 1. The minimum Gasteiger partial charge on any atom is -0.383 e. The number of carbonyl (C=O) groups is 1. The van der Waals surface area contributed by atoms with Crippen molar-refractivity contribution in [3.63, 3.8) is 0 Å². The van der Waals surface area contributed by atoms with Crippen molar-refractivity contribution in [1.82, 2.24) is 20.2 Å². The zero-order chi connectivity index (χ0) is 14.7. The number of hydrogen-bond acceptors (Lipinski definition) is 3. The molecule has 1 fully saturated rings.